The third-order valence-electron chi connectivity index (χ3n) is 6.77. The molecule has 1 aliphatic carbocycles. The molecule has 35 heavy (non-hydrogen) atoms. The Morgan fingerprint density at radius 1 is 1.20 bits per heavy atom. The molecule has 1 atom stereocenters. The van der Waals surface area contributed by atoms with Gasteiger partial charge in [0.25, 0.3) is 5.91 Å². The first-order valence-corrected chi connectivity index (χ1v) is 12.6. The summed E-state index contributed by atoms with van der Waals surface area (Å²) in [5.74, 6) is 0.779. The minimum atomic E-state index is -0.287. The summed E-state index contributed by atoms with van der Waals surface area (Å²) >= 11 is 0. The molecule has 1 fully saturated rings. The Kier molecular flexibility index (Phi) is 8.03. The maximum absolute atomic E-state index is 13.0. The highest BCUT2D eigenvalue weighted by molar-refractivity contribution is 5.92. The van der Waals surface area contributed by atoms with E-state index in [9.17, 15) is 9.90 Å². The van der Waals surface area contributed by atoms with Gasteiger partial charge < -0.3 is 15.2 Å². The topological polar surface area (TPSA) is 92.5 Å². The molecule has 1 aliphatic heterocycles. The lowest BCUT2D eigenvalue weighted by molar-refractivity contribution is 0.0941. The van der Waals surface area contributed by atoms with Gasteiger partial charge in [-0.3, -0.25) is 14.3 Å². The van der Waals surface area contributed by atoms with Crippen LogP contribution in [0, 0.1) is 5.92 Å². The fourth-order valence-electron chi connectivity index (χ4n) is 4.82. The van der Waals surface area contributed by atoms with Crippen molar-refractivity contribution in [1.29, 1.82) is 0 Å². The number of likely N-dealkylation sites (tertiary alicyclic amines) is 1. The number of carbonyl (C=O) groups is 1. The van der Waals surface area contributed by atoms with Crippen LogP contribution in [0.4, 0.5) is 0 Å². The normalized spacial score (nSPS) is 18.9. The summed E-state index contributed by atoms with van der Waals surface area (Å²) in [5.41, 5.74) is 3.66. The second-order valence-electron chi connectivity index (χ2n) is 9.68. The summed E-state index contributed by atoms with van der Waals surface area (Å²) in [5, 5.41) is 22.5. The molecule has 188 valence electrons. The third kappa shape index (κ3) is 5.49. The van der Waals surface area contributed by atoms with Gasteiger partial charge in [-0.2, -0.15) is 0 Å². The predicted molar refractivity (Wildman–Crippen MR) is 136 cm³/mol. The number of amides is 1. The summed E-state index contributed by atoms with van der Waals surface area (Å²) in [6, 6.07) is 8.19. The zero-order valence-electron chi connectivity index (χ0n) is 21.3. The molecular formula is C27H37N5O3. The second kappa shape index (κ2) is 11.2. The quantitative estimate of drug-likeness (QED) is 0.558. The number of rotatable bonds is 9. The number of hydrogen-bond acceptors (Lipinski definition) is 6. The van der Waals surface area contributed by atoms with E-state index in [-0.39, 0.29) is 29.5 Å². The van der Waals surface area contributed by atoms with Gasteiger partial charge in [0.05, 0.1) is 11.7 Å². The van der Waals surface area contributed by atoms with Crippen molar-refractivity contribution in [3.8, 4) is 5.69 Å². The Morgan fingerprint density at radius 3 is 2.54 bits per heavy atom. The lowest BCUT2D eigenvalue weighted by atomic mass is 9.87. The van der Waals surface area contributed by atoms with Crippen molar-refractivity contribution in [2.45, 2.75) is 59.1 Å². The molecule has 1 unspecified atom stereocenters. The molecule has 0 radical (unpaired) electrons. The molecule has 2 heterocycles. The number of hydrogen-bond donors (Lipinski definition) is 2. The lowest BCUT2D eigenvalue weighted by Gasteiger charge is -2.27. The van der Waals surface area contributed by atoms with E-state index in [0.29, 0.717) is 24.4 Å². The van der Waals surface area contributed by atoms with Gasteiger partial charge in [-0.15, -0.1) is 10.2 Å². The van der Waals surface area contributed by atoms with Gasteiger partial charge in [0.1, 0.15) is 5.76 Å². The number of ether oxygens (including phenoxy) is 1. The van der Waals surface area contributed by atoms with Gasteiger partial charge in [0.2, 0.25) is 5.82 Å². The number of aromatic nitrogens is 3. The molecule has 0 saturated carbocycles. The predicted octanol–water partition coefficient (Wildman–Crippen LogP) is 4.27. The van der Waals surface area contributed by atoms with Crippen LogP contribution >= 0.6 is 0 Å². The van der Waals surface area contributed by atoms with Crippen LogP contribution in [0.5, 0.6) is 0 Å². The van der Waals surface area contributed by atoms with Gasteiger partial charge in [-0.05, 0) is 67.6 Å². The van der Waals surface area contributed by atoms with Crippen LogP contribution < -0.4 is 5.32 Å². The largest absolute Gasteiger partial charge is 0.511 e. The number of methoxy groups -OCH3 is 1. The molecule has 4 rings (SSSR count). The third-order valence-corrected chi connectivity index (χ3v) is 6.77. The van der Waals surface area contributed by atoms with E-state index >= 15 is 0 Å². The van der Waals surface area contributed by atoms with E-state index in [0.717, 1.165) is 37.3 Å². The molecule has 1 aromatic carbocycles. The standard InChI is InChI=1S/C27H37N5O3/c1-5-12-28-27(34)26-30-29-25(22-15-21(18(2)3)24(35-4)16-23(22)33)32(26)20-10-8-19(9-11-20)17-31-13-6-7-14-31/h8-11,15,18,24,33H,5-7,12-14,16-17H2,1-4H3,(H,28,34). The number of allylic oxidation sites excluding steroid dienone is 2. The van der Waals surface area contributed by atoms with Crippen LogP contribution in [0.2, 0.25) is 0 Å². The highest BCUT2D eigenvalue weighted by Gasteiger charge is 2.30. The first kappa shape index (κ1) is 25.1. The van der Waals surface area contributed by atoms with Crippen LogP contribution in [-0.4, -0.2) is 63.5 Å². The highest BCUT2D eigenvalue weighted by atomic mass is 16.5. The maximum atomic E-state index is 13.0. The van der Waals surface area contributed by atoms with Crippen LogP contribution in [0.25, 0.3) is 11.3 Å². The summed E-state index contributed by atoms with van der Waals surface area (Å²) in [6.45, 7) is 9.96. The van der Waals surface area contributed by atoms with E-state index in [2.05, 4.69) is 46.4 Å². The van der Waals surface area contributed by atoms with Gasteiger partial charge in [0.15, 0.2) is 5.82 Å². The van der Waals surface area contributed by atoms with Crippen molar-refractivity contribution in [3.05, 3.63) is 58.9 Å². The minimum absolute atomic E-state index is 0.182. The van der Waals surface area contributed by atoms with Crippen LogP contribution in [0.1, 0.15) is 68.5 Å². The zero-order chi connectivity index (χ0) is 24.9. The number of nitrogens with zero attached hydrogens (tertiary/aromatic N) is 4. The van der Waals surface area contributed by atoms with Gasteiger partial charge in [0, 0.05) is 32.3 Å². The minimum Gasteiger partial charge on any atom is -0.511 e. The van der Waals surface area contributed by atoms with Crippen LogP contribution in [0.15, 0.2) is 41.7 Å². The Hall–Kier alpha value is -2.97. The van der Waals surface area contributed by atoms with Crippen molar-refractivity contribution in [2.24, 2.45) is 5.92 Å². The molecule has 8 heteroatoms. The number of carbonyl (C=O) groups excluding carboxylic acids is 1. The molecule has 1 aromatic heterocycles. The fraction of sp³-hybridized carbons (Fsp3) is 0.519. The van der Waals surface area contributed by atoms with Crippen molar-refractivity contribution < 1.29 is 14.6 Å². The van der Waals surface area contributed by atoms with E-state index in [1.807, 2.05) is 25.1 Å². The highest BCUT2D eigenvalue weighted by Crippen LogP contribution is 2.34. The zero-order valence-corrected chi connectivity index (χ0v) is 21.3. The second-order valence-corrected chi connectivity index (χ2v) is 9.68. The monoisotopic (exact) mass is 479 g/mol. The average Bonchev–Trinajstić information content (AvgIpc) is 3.53. The first-order valence-electron chi connectivity index (χ1n) is 12.6. The lowest BCUT2D eigenvalue weighted by Crippen LogP contribution is -2.27. The Labute approximate surface area is 207 Å². The summed E-state index contributed by atoms with van der Waals surface area (Å²) in [4.78, 5) is 15.4. The molecule has 2 aliphatic rings. The van der Waals surface area contributed by atoms with Crippen molar-refractivity contribution in [1.82, 2.24) is 25.0 Å². The number of aliphatic hydroxyl groups excluding tert-OH is 1. The van der Waals surface area contributed by atoms with Crippen molar-refractivity contribution in [3.63, 3.8) is 0 Å². The molecule has 8 nitrogen and oxygen atoms in total. The number of nitrogens with one attached hydrogen (secondary N) is 1. The van der Waals surface area contributed by atoms with E-state index in [4.69, 9.17) is 4.74 Å². The Balaban J connectivity index is 1.75. The average molecular weight is 480 g/mol. The molecule has 0 spiro atoms. The number of aliphatic hydroxyl groups is 1. The summed E-state index contributed by atoms with van der Waals surface area (Å²) in [7, 11) is 1.65. The molecule has 1 amide bonds. The van der Waals surface area contributed by atoms with Crippen molar-refractivity contribution in [2.75, 3.05) is 26.7 Å². The van der Waals surface area contributed by atoms with Crippen LogP contribution in [-0.2, 0) is 11.3 Å². The van der Waals surface area contributed by atoms with Gasteiger partial charge in [-0.1, -0.05) is 32.9 Å². The van der Waals surface area contributed by atoms with E-state index in [1.54, 1.807) is 11.7 Å². The molecule has 2 aromatic rings. The van der Waals surface area contributed by atoms with E-state index in [1.165, 1.54) is 18.4 Å². The Morgan fingerprint density at radius 2 is 1.91 bits per heavy atom. The van der Waals surface area contributed by atoms with Gasteiger partial charge in [-0.25, -0.2) is 0 Å². The van der Waals surface area contributed by atoms with Crippen molar-refractivity contribution >= 4 is 11.5 Å². The molecule has 1 saturated heterocycles. The SMILES string of the molecule is CCCNC(=O)c1nnc(C2=C(O)CC(OC)C(C(C)C)=C2)n1-c1ccc(CN2CCCC2)cc1. The Bertz CT molecular complexity index is 1090. The van der Waals surface area contributed by atoms with E-state index < -0.39 is 0 Å². The first-order chi connectivity index (χ1) is 16.9. The molecular weight excluding hydrogens is 442 g/mol. The maximum Gasteiger partial charge on any atom is 0.289 e. The summed E-state index contributed by atoms with van der Waals surface area (Å²) in [6.07, 6.45) is 5.44. The van der Waals surface area contributed by atoms with Gasteiger partial charge >= 0.3 is 0 Å². The fourth-order valence-corrected chi connectivity index (χ4v) is 4.82. The molecule has 2 N–H and O–H groups in total. The smallest absolute Gasteiger partial charge is 0.289 e. The summed E-state index contributed by atoms with van der Waals surface area (Å²) < 4.78 is 7.36. The molecule has 0 bridgehead atoms. The number of benzene rings is 1. The van der Waals surface area contributed by atoms with Crippen LogP contribution in [0.3, 0.4) is 0 Å².